The van der Waals surface area contributed by atoms with Gasteiger partial charge in [0, 0.05) is 12.3 Å². The second-order valence-electron chi connectivity index (χ2n) is 6.17. The van der Waals surface area contributed by atoms with Crippen LogP contribution in [0.4, 0.5) is 5.82 Å². The Kier molecular flexibility index (Phi) is 5.66. The number of carbonyl (C=O) groups excluding carboxylic acids is 2. The molecular formula is C21H21N3O3. The zero-order valence-corrected chi connectivity index (χ0v) is 15.2. The third-order valence-electron chi connectivity index (χ3n) is 4.15. The van der Waals surface area contributed by atoms with Crippen molar-refractivity contribution < 1.29 is 14.3 Å². The van der Waals surface area contributed by atoms with E-state index in [1.54, 1.807) is 25.3 Å². The number of ether oxygens (including phenoxy) is 1. The second kappa shape index (κ2) is 8.31. The molecule has 2 aromatic carbocycles. The molecule has 0 radical (unpaired) electrons. The molecule has 6 nitrogen and oxygen atoms in total. The monoisotopic (exact) mass is 363 g/mol. The molecule has 0 saturated carbocycles. The summed E-state index contributed by atoms with van der Waals surface area (Å²) in [7, 11) is 1.59. The van der Waals surface area contributed by atoms with E-state index in [0.717, 1.165) is 16.5 Å². The highest BCUT2D eigenvalue weighted by atomic mass is 16.5. The minimum absolute atomic E-state index is 0.0976. The van der Waals surface area contributed by atoms with Crippen LogP contribution in [-0.2, 0) is 9.59 Å². The van der Waals surface area contributed by atoms with Crippen molar-refractivity contribution in [1.29, 1.82) is 0 Å². The number of rotatable bonds is 6. The number of aromatic nitrogens is 1. The van der Waals surface area contributed by atoms with Gasteiger partial charge in [0.15, 0.2) is 0 Å². The molecule has 0 bridgehead atoms. The van der Waals surface area contributed by atoms with Crippen LogP contribution in [0.15, 0.2) is 60.7 Å². The molecule has 1 heterocycles. The molecule has 1 atom stereocenters. The Bertz CT molecular complexity index is 954. The largest absolute Gasteiger partial charge is 0.497 e. The fourth-order valence-electron chi connectivity index (χ4n) is 2.85. The Morgan fingerprint density at radius 1 is 1.04 bits per heavy atom. The van der Waals surface area contributed by atoms with Gasteiger partial charge in [-0.15, -0.1) is 0 Å². The molecule has 0 fully saturated rings. The van der Waals surface area contributed by atoms with E-state index >= 15 is 0 Å². The van der Waals surface area contributed by atoms with Crippen molar-refractivity contribution in [2.45, 2.75) is 19.4 Å². The Morgan fingerprint density at radius 3 is 2.48 bits per heavy atom. The van der Waals surface area contributed by atoms with Gasteiger partial charge in [0.25, 0.3) is 0 Å². The number of amides is 2. The third kappa shape index (κ3) is 4.82. The van der Waals surface area contributed by atoms with Crippen molar-refractivity contribution in [1.82, 2.24) is 10.3 Å². The lowest BCUT2D eigenvalue weighted by Gasteiger charge is -2.18. The van der Waals surface area contributed by atoms with Crippen LogP contribution in [0, 0.1) is 0 Å². The number of fused-ring (bicyclic) bond motifs is 1. The number of hydrogen-bond acceptors (Lipinski definition) is 4. The number of carbonyl (C=O) groups is 2. The van der Waals surface area contributed by atoms with Gasteiger partial charge in [-0.3, -0.25) is 9.59 Å². The SMILES string of the molecule is COc1ccc([C@@H](CC(=O)Nc2ccc3ccccc3n2)NC(C)=O)cc1. The number of benzene rings is 2. The van der Waals surface area contributed by atoms with E-state index in [1.165, 1.54) is 6.92 Å². The van der Waals surface area contributed by atoms with Gasteiger partial charge in [0.2, 0.25) is 11.8 Å². The number of hydrogen-bond donors (Lipinski definition) is 2. The number of pyridine rings is 1. The molecule has 6 heteroatoms. The summed E-state index contributed by atoms with van der Waals surface area (Å²) in [5, 5.41) is 6.63. The van der Waals surface area contributed by atoms with Crippen molar-refractivity contribution >= 4 is 28.5 Å². The van der Waals surface area contributed by atoms with E-state index in [2.05, 4.69) is 15.6 Å². The zero-order valence-electron chi connectivity index (χ0n) is 15.2. The van der Waals surface area contributed by atoms with E-state index in [1.807, 2.05) is 42.5 Å². The predicted octanol–water partition coefficient (Wildman–Crippen LogP) is 3.45. The van der Waals surface area contributed by atoms with E-state index in [0.29, 0.717) is 11.6 Å². The first-order chi connectivity index (χ1) is 13.0. The summed E-state index contributed by atoms with van der Waals surface area (Å²) in [4.78, 5) is 28.5. The topological polar surface area (TPSA) is 80.3 Å². The molecule has 0 aliphatic carbocycles. The van der Waals surface area contributed by atoms with Crippen LogP contribution < -0.4 is 15.4 Å². The molecule has 3 aromatic rings. The number of nitrogens with one attached hydrogen (secondary N) is 2. The van der Waals surface area contributed by atoms with Gasteiger partial charge < -0.3 is 15.4 Å². The average Bonchev–Trinajstić information content (AvgIpc) is 2.67. The van der Waals surface area contributed by atoms with Crippen molar-refractivity contribution in [3.8, 4) is 5.75 Å². The Labute approximate surface area is 157 Å². The van der Waals surface area contributed by atoms with Crippen molar-refractivity contribution in [3.63, 3.8) is 0 Å². The Hall–Kier alpha value is -3.41. The molecule has 0 unspecified atom stereocenters. The van der Waals surface area contributed by atoms with Crippen molar-refractivity contribution in [2.24, 2.45) is 0 Å². The maximum absolute atomic E-state index is 12.5. The molecule has 2 amide bonds. The molecule has 0 spiro atoms. The normalized spacial score (nSPS) is 11.6. The standard InChI is InChI=1S/C21H21N3O3/c1-14(25)22-19(16-7-10-17(27-2)11-8-16)13-21(26)24-20-12-9-15-5-3-4-6-18(15)23-20/h3-12,19H,13H2,1-2H3,(H,22,25)(H,23,24,26)/t19-/m1/s1. The minimum atomic E-state index is -0.436. The number of methoxy groups -OCH3 is 1. The summed E-state index contributed by atoms with van der Waals surface area (Å²) in [5.74, 6) is 0.764. The summed E-state index contributed by atoms with van der Waals surface area (Å²) in [6.45, 7) is 1.43. The molecule has 27 heavy (non-hydrogen) atoms. The smallest absolute Gasteiger partial charge is 0.227 e. The van der Waals surface area contributed by atoms with Gasteiger partial charge in [0.05, 0.1) is 25.1 Å². The quantitative estimate of drug-likeness (QED) is 0.703. The van der Waals surface area contributed by atoms with E-state index in [9.17, 15) is 9.59 Å². The lowest BCUT2D eigenvalue weighted by molar-refractivity contribution is -0.120. The summed E-state index contributed by atoms with van der Waals surface area (Å²) < 4.78 is 5.15. The number of anilines is 1. The van der Waals surface area contributed by atoms with Crippen molar-refractivity contribution in [3.05, 3.63) is 66.2 Å². The van der Waals surface area contributed by atoms with Gasteiger partial charge >= 0.3 is 0 Å². The molecule has 3 rings (SSSR count). The van der Waals surface area contributed by atoms with E-state index < -0.39 is 6.04 Å². The summed E-state index contributed by atoms with van der Waals surface area (Å²) in [5.41, 5.74) is 1.64. The maximum Gasteiger partial charge on any atom is 0.227 e. The summed E-state index contributed by atoms with van der Waals surface area (Å²) >= 11 is 0. The first kappa shape index (κ1) is 18.4. The number of para-hydroxylation sites is 1. The molecule has 0 aliphatic rings. The highest BCUT2D eigenvalue weighted by Gasteiger charge is 2.18. The van der Waals surface area contributed by atoms with E-state index in [-0.39, 0.29) is 18.2 Å². The number of nitrogens with zero attached hydrogens (tertiary/aromatic N) is 1. The Balaban J connectivity index is 1.73. The third-order valence-corrected chi connectivity index (χ3v) is 4.15. The molecule has 1 aromatic heterocycles. The molecule has 0 aliphatic heterocycles. The molecule has 2 N–H and O–H groups in total. The van der Waals surface area contributed by atoms with Gasteiger partial charge in [-0.25, -0.2) is 4.98 Å². The lowest BCUT2D eigenvalue weighted by Crippen LogP contribution is -2.29. The van der Waals surface area contributed by atoms with Gasteiger partial charge in [0.1, 0.15) is 11.6 Å². The summed E-state index contributed by atoms with van der Waals surface area (Å²) in [6, 6.07) is 18.2. The minimum Gasteiger partial charge on any atom is -0.497 e. The van der Waals surface area contributed by atoms with Crippen LogP contribution in [0.2, 0.25) is 0 Å². The van der Waals surface area contributed by atoms with Crippen LogP contribution in [0.3, 0.4) is 0 Å². The molecular weight excluding hydrogens is 342 g/mol. The highest BCUT2D eigenvalue weighted by molar-refractivity contribution is 5.92. The van der Waals surface area contributed by atoms with Crippen LogP contribution in [0.25, 0.3) is 10.9 Å². The molecule has 0 saturated heterocycles. The van der Waals surface area contributed by atoms with Crippen LogP contribution in [0.5, 0.6) is 5.75 Å². The zero-order chi connectivity index (χ0) is 19.2. The summed E-state index contributed by atoms with van der Waals surface area (Å²) in [6.07, 6.45) is 0.0976. The maximum atomic E-state index is 12.5. The second-order valence-corrected chi connectivity index (χ2v) is 6.17. The van der Waals surface area contributed by atoms with Crippen molar-refractivity contribution in [2.75, 3.05) is 12.4 Å². The lowest BCUT2D eigenvalue weighted by atomic mass is 10.0. The van der Waals surface area contributed by atoms with Gasteiger partial charge in [-0.2, -0.15) is 0 Å². The van der Waals surface area contributed by atoms with Crippen LogP contribution >= 0.6 is 0 Å². The van der Waals surface area contributed by atoms with E-state index in [4.69, 9.17) is 4.74 Å². The van der Waals surface area contributed by atoms with Crippen LogP contribution in [-0.4, -0.2) is 23.9 Å². The first-order valence-corrected chi connectivity index (χ1v) is 8.62. The highest BCUT2D eigenvalue weighted by Crippen LogP contribution is 2.21. The predicted molar refractivity (Wildman–Crippen MR) is 105 cm³/mol. The fourth-order valence-corrected chi connectivity index (χ4v) is 2.85. The first-order valence-electron chi connectivity index (χ1n) is 8.62. The average molecular weight is 363 g/mol. The van der Waals surface area contributed by atoms with Crippen LogP contribution in [0.1, 0.15) is 24.9 Å². The van der Waals surface area contributed by atoms with Gasteiger partial charge in [-0.1, -0.05) is 30.3 Å². The molecule has 138 valence electrons. The van der Waals surface area contributed by atoms with Gasteiger partial charge in [-0.05, 0) is 35.9 Å². The Morgan fingerprint density at radius 2 is 1.78 bits per heavy atom. The fraction of sp³-hybridized carbons (Fsp3) is 0.190.